The first-order valence-corrected chi connectivity index (χ1v) is 8.28. The molecule has 3 heterocycles. The van der Waals surface area contributed by atoms with Gasteiger partial charge in [0, 0.05) is 41.5 Å². The molecule has 4 rings (SSSR count). The molecule has 2 aromatic heterocycles. The van der Waals surface area contributed by atoms with E-state index in [0.29, 0.717) is 11.3 Å². The highest BCUT2D eigenvalue weighted by molar-refractivity contribution is 9.10. The van der Waals surface area contributed by atoms with E-state index < -0.39 is 0 Å². The zero-order chi connectivity index (χ0) is 16.8. The first-order chi connectivity index (χ1) is 11.6. The van der Waals surface area contributed by atoms with E-state index in [4.69, 9.17) is 9.72 Å². The lowest BCUT2D eigenvalue weighted by atomic mass is 9.95. The van der Waals surface area contributed by atoms with Crippen molar-refractivity contribution in [2.24, 2.45) is 0 Å². The quantitative estimate of drug-likeness (QED) is 0.600. The van der Waals surface area contributed by atoms with E-state index in [1.165, 1.54) is 6.92 Å². The predicted molar refractivity (Wildman–Crippen MR) is 92.6 cm³/mol. The van der Waals surface area contributed by atoms with Gasteiger partial charge in [0.15, 0.2) is 5.75 Å². The van der Waals surface area contributed by atoms with E-state index in [-0.39, 0.29) is 5.97 Å². The second-order valence-electron chi connectivity index (χ2n) is 5.65. The summed E-state index contributed by atoms with van der Waals surface area (Å²) in [5, 5.41) is 10.6. The van der Waals surface area contributed by atoms with Crippen LogP contribution in [0.5, 0.6) is 5.75 Å². The van der Waals surface area contributed by atoms with Crippen molar-refractivity contribution in [2.45, 2.75) is 19.9 Å². The van der Waals surface area contributed by atoms with E-state index in [2.05, 4.69) is 22.0 Å². The standard InChI is InChI=1S/C18H12BrN3O2/c1-10(23)24-16-5-7-22-6-4-15-17(18(16)22)13(9-20)12-8-11(19)2-3-14(12)21-15/h2-3,5,7-8H,4,6H2,1H3. The molecule has 0 unspecified atom stereocenters. The molecule has 0 bridgehead atoms. The maximum Gasteiger partial charge on any atom is 0.308 e. The molecule has 0 radical (unpaired) electrons. The summed E-state index contributed by atoms with van der Waals surface area (Å²) in [5.41, 5.74) is 3.72. The van der Waals surface area contributed by atoms with Gasteiger partial charge in [0.05, 0.1) is 22.5 Å². The van der Waals surface area contributed by atoms with Crippen molar-refractivity contribution in [2.75, 3.05) is 0 Å². The third-order valence-electron chi connectivity index (χ3n) is 4.14. The van der Waals surface area contributed by atoms with Crippen LogP contribution in [-0.2, 0) is 17.8 Å². The van der Waals surface area contributed by atoms with E-state index in [9.17, 15) is 10.1 Å². The number of hydrogen-bond donors (Lipinski definition) is 0. The highest BCUT2D eigenvalue weighted by atomic mass is 79.9. The summed E-state index contributed by atoms with van der Waals surface area (Å²) in [7, 11) is 0. The van der Waals surface area contributed by atoms with Crippen molar-refractivity contribution in [3.8, 4) is 23.1 Å². The summed E-state index contributed by atoms with van der Waals surface area (Å²) in [4.78, 5) is 16.1. The Balaban J connectivity index is 2.08. The van der Waals surface area contributed by atoms with E-state index in [0.717, 1.165) is 45.3 Å². The number of carbonyl (C=O) groups is 1. The number of nitriles is 1. The Morgan fingerprint density at radius 1 is 1.42 bits per heavy atom. The van der Waals surface area contributed by atoms with Crippen LogP contribution in [0, 0.1) is 11.3 Å². The van der Waals surface area contributed by atoms with Crippen molar-refractivity contribution < 1.29 is 9.53 Å². The van der Waals surface area contributed by atoms with Gasteiger partial charge in [-0.3, -0.25) is 9.78 Å². The fourth-order valence-electron chi connectivity index (χ4n) is 3.21. The molecule has 1 aliphatic rings. The van der Waals surface area contributed by atoms with E-state index >= 15 is 0 Å². The van der Waals surface area contributed by atoms with Crippen molar-refractivity contribution in [3.05, 3.63) is 46.2 Å². The van der Waals surface area contributed by atoms with Crippen LogP contribution >= 0.6 is 15.9 Å². The minimum atomic E-state index is -0.383. The van der Waals surface area contributed by atoms with E-state index in [1.807, 2.05) is 29.0 Å². The molecule has 0 saturated heterocycles. The number of aryl methyl sites for hydroxylation is 2. The number of hydrogen-bond acceptors (Lipinski definition) is 4. The monoisotopic (exact) mass is 381 g/mol. The Morgan fingerprint density at radius 2 is 2.25 bits per heavy atom. The number of halogens is 1. The normalized spacial score (nSPS) is 12.4. The van der Waals surface area contributed by atoms with Gasteiger partial charge in [0.25, 0.3) is 0 Å². The topological polar surface area (TPSA) is 67.9 Å². The minimum absolute atomic E-state index is 0.383. The number of ether oxygens (including phenoxy) is 1. The summed E-state index contributed by atoms with van der Waals surface area (Å²) in [5.74, 6) is 0.0854. The summed E-state index contributed by atoms with van der Waals surface area (Å²) in [6, 6.07) is 9.80. The predicted octanol–water partition coefficient (Wildman–Crippen LogP) is 3.82. The zero-order valence-electron chi connectivity index (χ0n) is 12.8. The van der Waals surface area contributed by atoms with Gasteiger partial charge >= 0.3 is 5.97 Å². The fraction of sp³-hybridized carbons (Fsp3) is 0.167. The number of fused-ring (bicyclic) bond motifs is 4. The number of rotatable bonds is 1. The third-order valence-corrected chi connectivity index (χ3v) is 4.63. The molecular formula is C18H12BrN3O2. The van der Waals surface area contributed by atoms with Gasteiger partial charge < -0.3 is 9.30 Å². The second kappa shape index (κ2) is 5.46. The van der Waals surface area contributed by atoms with Crippen LogP contribution in [0.2, 0.25) is 0 Å². The summed E-state index contributed by atoms with van der Waals surface area (Å²) in [6.07, 6.45) is 2.61. The molecule has 0 saturated carbocycles. The SMILES string of the molecule is CC(=O)Oc1ccn2c1-c1c(nc3ccc(Br)cc3c1C#N)CC2. The van der Waals surface area contributed by atoms with Crippen molar-refractivity contribution in [3.63, 3.8) is 0 Å². The molecule has 0 aliphatic carbocycles. The van der Waals surface area contributed by atoms with Crippen LogP contribution in [0.3, 0.4) is 0 Å². The lowest BCUT2D eigenvalue weighted by molar-refractivity contribution is -0.131. The molecule has 0 N–H and O–H groups in total. The molecule has 5 nitrogen and oxygen atoms in total. The summed E-state index contributed by atoms with van der Waals surface area (Å²) >= 11 is 3.45. The average molecular weight is 382 g/mol. The molecular weight excluding hydrogens is 370 g/mol. The van der Waals surface area contributed by atoms with E-state index in [1.54, 1.807) is 6.07 Å². The summed E-state index contributed by atoms with van der Waals surface area (Å²) in [6.45, 7) is 2.11. The Morgan fingerprint density at radius 3 is 3.00 bits per heavy atom. The van der Waals surface area contributed by atoms with Gasteiger partial charge in [-0.1, -0.05) is 15.9 Å². The van der Waals surface area contributed by atoms with Crippen molar-refractivity contribution in [1.29, 1.82) is 5.26 Å². The van der Waals surface area contributed by atoms with Crippen LogP contribution in [0.1, 0.15) is 18.2 Å². The van der Waals surface area contributed by atoms with Gasteiger partial charge in [0.2, 0.25) is 0 Å². The largest absolute Gasteiger partial charge is 0.424 e. The molecule has 118 valence electrons. The summed E-state index contributed by atoms with van der Waals surface area (Å²) < 4.78 is 8.23. The van der Waals surface area contributed by atoms with Gasteiger partial charge in [0.1, 0.15) is 6.07 Å². The van der Waals surface area contributed by atoms with Gasteiger partial charge in [-0.15, -0.1) is 0 Å². The Labute approximate surface area is 146 Å². The molecule has 24 heavy (non-hydrogen) atoms. The van der Waals surface area contributed by atoms with Crippen LogP contribution in [0.4, 0.5) is 0 Å². The van der Waals surface area contributed by atoms with Crippen LogP contribution in [0.25, 0.3) is 22.2 Å². The number of aromatic nitrogens is 2. The van der Waals surface area contributed by atoms with Gasteiger partial charge in [-0.2, -0.15) is 5.26 Å². The molecule has 0 fully saturated rings. The molecule has 1 aromatic carbocycles. The number of nitrogens with zero attached hydrogens (tertiary/aromatic N) is 3. The van der Waals surface area contributed by atoms with Crippen LogP contribution < -0.4 is 4.74 Å². The average Bonchev–Trinajstić information content (AvgIpc) is 2.95. The highest BCUT2D eigenvalue weighted by Crippen LogP contribution is 2.41. The lowest BCUT2D eigenvalue weighted by Crippen LogP contribution is -2.14. The number of carbonyl (C=O) groups excluding carboxylic acids is 1. The first-order valence-electron chi connectivity index (χ1n) is 7.48. The van der Waals surface area contributed by atoms with Gasteiger partial charge in [-0.05, 0) is 24.3 Å². The number of benzene rings is 1. The Kier molecular flexibility index (Phi) is 3.39. The van der Waals surface area contributed by atoms with Crippen molar-refractivity contribution >= 4 is 32.8 Å². The molecule has 0 amide bonds. The first kappa shape index (κ1) is 14.9. The molecule has 6 heteroatoms. The Bertz CT molecular complexity index is 1050. The van der Waals surface area contributed by atoms with Crippen LogP contribution in [-0.4, -0.2) is 15.5 Å². The van der Waals surface area contributed by atoms with Crippen molar-refractivity contribution in [1.82, 2.24) is 9.55 Å². The molecule has 3 aromatic rings. The third kappa shape index (κ3) is 2.21. The molecule has 0 spiro atoms. The highest BCUT2D eigenvalue weighted by Gasteiger charge is 2.27. The fourth-order valence-corrected chi connectivity index (χ4v) is 3.57. The van der Waals surface area contributed by atoms with Crippen LogP contribution in [0.15, 0.2) is 34.9 Å². The Hall–Kier alpha value is -2.65. The van der Waals surface area contributed by atoms with Gasteiger partial charge in [-0.25, -0.2) is 0 Å². The molecule has 0 atom stereocenters. The number of pyridine rings is 1. The maximum atomic E-state index is 11.4. The minimum Gasteiger partial charge on any atom is -0.424 e. The second-order valence-corrected chi connectivity index (χ2v) is 6.56. The number of esters is 1. The zero-order valence-corrected chi connectivity index (χ0v) is 14.4. The maximum absolute atomic E-state index is 11.4. The lowest BCUT2D eigenvalue weighted by Gasteiger charge is -2.21. The smallest absolute Gasteiger partial charge is 0.308 e. The molecule has 1 aliphatic heterocycles.